The van der Waals surface area contributed by atoms with Crippen LogP contribution in [0, 0.1) is 5.92 Å². The minimum absolute atomic E-state index is 0.411. The fraction of sp³-hybridized carbons (Fsp3) is 0.632. The molecule has 0 saturated carbocycles. The van der Waals surface area contributed by atoms with Crippen LogP contribution < -0.4 is 20.5 Å². The second-order valence-electron chi connectivity index (χ2n) is 6.73. The maximum atomic E-state index is 6.07. The first-order chi connectivity index (χ1) is 12.5. The van der Waals surface area contributed by atoms with Gasteiger partial charge in [-0.1, -0.05) is 19.9 Å². The molecule has 0 bridgehead atoms. The molecular weight excluding hydrogens is 332 g/mol. The molecule has 1 aromatic rings. The Balaban J connectivity index is 1.90. The minimum Gasteiger partial charge on any atom is -0.493 e. The molecule has 1 atom stereocenters. The Morgan fingerprint density at radius 1 is 1.23 bits per heavy atom. The summed E-state index contributed by atoms with van der Waals surface area (Å²) in [5, 5.41) is 3.27. The third-order valence-corrected chi connectivity index (χ3v) is 4.66. The van der Waals surface area contributed by atoms with Gasteiger partial charge in [0.05, 0.1) is 34.0 Å². The average molecular weight is 364 g/mol. The van der Waals surface area contributed by atoms with Crippen molar-refractivity contribution in [1.82, 2.24) is 10.2 Å². The molecule has 0 radical (unpaired) electrons. The molecule has 0 amide bonds. The smallest absolute Gasteiger partial charge is 0.188 e. The summed E-state index contributed by atoms with van der Waals surface area (Å²) in [6, 6.07) is 6.16. The number of nitrogens with one attached hydrogen (secondary N) is 1. The summed E-state index contributed by atoms with van der Waals surface area (Å²) in [6.07, 6.45) is 0. The van der Waals surface area contributed by atoms with Crippen molar-refractivity contribution in [2.45, 2.75) is 26.4 Å². The van der Waals surface area contributed by atoms with Crippen molar-refractivity contribution < 1.29 is 14.2 Å². The van der Waals surface area contributed by atoms with Crippen LogP contribution in [0.5, 0.6) is 11.5 Å². The van der Waals surface area contributed by atoms with Crippen molar-refractivity contribution in [2.24, 2.45) is 16.6 Å². The summed E-state index contributed by atoms with van der Waals surface area (Å²) in [5.41, 5.74) is 7.08. The first-order valence-corrected chi connectivity index (χ1v) is 9.11. The van der Waals surface area contributed by atoms with Crippen molar-refractivity contribution in [3.63, 3.8) is 0 Å². The van der Waals surface area contributed by atoms with Crippen molar-refractivity contribution >= 4 is 5.96 Å². The van der Waals surface area contributed by atoms with Gasteiger partial charge in [0.15, 0.2) is 17.5 Å². The number of benzene rings is 1. The van der Waals surface area contributed by atoms with Crippen molar-refractivity contribution in [3.8, 4) is 11.5 Å². The van der Waals surface area contributed by atoms with Gasteiger partial charge < -0.3 is 25.3 Å². The monoisotopic (exact) mass is 364 g/mol. The van der Waals surface area contributed by atoms with E-state index in [0.717, 1.165) is 38.4 Å². The number of morpholine rings is 1. The molecule has 1 fully saturated rings. The van der Waals surface area contributed by atoms with Crippen LogP contribution in [0.2, 0.25) is 0 Å². The van der Waals surface area contributed by atoms with Gasteiger partial charge in [0, 0.05) is 25.7 Å². The number of ether oxygens (including phenoxy) is 3. The number of rotatable bonds is 8. The normalized spacial score (nSPS) is 17.2. The van der Waals surface area contributed by atoms with Crippen molar-refractivity contribution in [1.29, 1.82) is 0 Å². The van der Waals surface area contributed by atoms with Crippen LogP contribution in [0.15, 0.2) is 23.2 Å². The van der Waals surface area contributed by atoms with E-state index in [-0.39, 0.29) is 0 Å². The number of hydrogen-bond donors (Lipinski definition) is 2. The maximum absolute atomic E-state index is 6.07. The fourth-order valence-corrected chi connectivity index (χ4v) is 3.12. The van der Waals surface area contributed by atoms with E-state index in [1.165, 1.54) is 0 Å². The molecule has 1 aliphatic rings. The second-order valence-corrected chi connectivity index (χ2v) is 6.73. The number of guanidine groups is 1. The van der Waals surface area contributed by atoms with E-state index >= 15 is 0 Å². The van der Waals surface area contributed by atoms with Gasteiger partial charge in [0.25, 0.3) is 0 Å². The van der Waals surface area contributed by atoms with Crippen LogP contribution in [-0.2, 0) is 11.3 Å². The van der Waals surface area contributed by atoms with Gasteiger partial charge in [0.2, 0.25) is 0 Å². The SMILES string of the molecule is COc1ccc(CN=C(N)NCC(C(C)C)N2CCOCC2)cc1OC. The first kappa shape index (κ1) is 20.3. The van der Waals surface area contributed by atoms with E-state index in [4.69, 9.17) is 19.9 Å². The lowest BCUT2D eigenvalue weighted by Gasteiger charge is -2.37. The standard InChI is InChI=1S/C19H32N4O3/c1-14(2)16(23-7-9-26-10-8-23)13-22-19(20)21-12-15-5-6-17(24-3)18(11-15)25-4/h5-6,11,14,16H,7-10,12-13H2,1-4H3,(H3,20,21,22). The number of nitrogens with two attached hydrogens (primary N) is 1. The average Bonchev–Trinajstić information content (AvgIpc) is 2.66. The molecule has 0 spiro atoms. The molecule has 1 heterocycles. The zero-order valence-corrected chi connectivity index (χ0v) is 16.3. The van der Waals surface area contributed by atoms with Gasteiger partial charge in [-0.3, -0.25) is 4.90 Å². The lowest BCUT2D eigenvalue weighted by Crippen LogP contribution is -2.52. The highest BCUT2D eigenvalue weighted by atomic mass is 16.5. The van der Waals surface area contributed by atoms with E-state index in [9.17, 15) is 0 Å². The topological polar surface area (TPSA) is 81.3 Å². The maximum Gasteiger partial charge on any atom is 0.188 e. The molecule has 3 N–H and O–H groups in total. The third-order valence-electron chi connectivity index (χ3n) is 4.66. The Morgan fingerprint density at radius 2 is 1.92 bits per heavy atom. The zero-order valence-electron chi connectivity index (χ0n) is 16.3. The quantitative estimate of drug-likeness (QED) is 0.537. The summed E-state index contributed by atoms with van der Waals surface area (Å²) >= 11 is 0. The van der Waals surface area contributed by atoms with Crippen molar-refractivity contribution in [2.75, 3.05) is 47.1 Å². The van der Waals surface area contributed by atoms with Gasteiger partial charge in [0.1, 0.15) is 0 Å². The van der Waals surface area contributed by atoms with Crippen LogP contribution >= 0.6 is 0 Å². The summed E-state index contributed by atoms with van der Waals surface area (Å²) < 4.78 is 16.0. The second kappa shape index (κ2) is 10.2. The van der Waals surface area contributed by atoms with Crippen LogP contribution in [0.1, 0.15) is 19.4 Å². The lowest BCUT2D eigenvalue weighted by molar-refractivity contribution is 0.00755. The number of methoxy groups -OCH3 is 2. The van der Waals surface area contributed by atoms with Crippen molar-refractivity contribution in [3.05, 3.63) is 23.8 Å². The molecule has 1 aromatic carbocycles. The number of nitrogens with zero attached hydrogens (tertiary/aromatic N) is 2. The Kier molecular flexibility index (Phi) is 8.00. The summed E-state index contributed by atoms with van der Waals surface area (Å²) in [5.74, 6) is 2.38. The van der Waals surface area contributed by atoms with E-state index in [1.54, 1.807) is 14.2 Å². The molecule has 1 aliphatic heterocycles. The molecule has 1 saturated heterocycles. The van der Waals surface area contributed by atoms with Crippen LogP contribution in [0.4, 0.5) is 0 Å². The molecule has 7 heteroatoms. The Labute approximate surface area is 156 Å². The van der Waals surface area contributed by atoms with E-state index < -0.39 is 0 Å². The van der Waals surface area contributed by atoms with Crippen LogP contribution in [0.3, 0.4) is 0 Å². The van der Waals surface area contributed by atoms with E-state index in [0.29, 0.717) is 36.0 Å². The zero-order chi connectivity index (χ0) is 18.9. The van der Waals surface area contributed by atoms with Gasteiger partial charge in [-0.05, 0) is 23.6 Å². The first-order valence-electron chi connectivity index (χ1n) is 9.11. The minimum atomic E-state index is 0.411. The fourth-order valence-electron chi connectivity index (χ4n) is 3.12. The van der Waals surface area contributed by atoms with Gasteiger partial charge in [-0.15, -0.1) is 0 Å². The molecular formula is C19H32N4O3. The summed E-state index contributed by atoms with van der Waals surface area (Å²) in [4.78, 5) is 6.91. The number of aliphatic imine (C=N–C) groups is 1. The van der Waals surface area contributed by atoms with Gasteiger partial charge in [-0.2, -0.15) is 0 Å². The highest BCUT2D eigenvalue weighted by molar-refractivity contribution is 5.77. The molecule has 26 heavy (non-hydrogen) atoms. The largest absolute Gasteiger partial charge is 0.493 e. The lowest BCUT2D eigenvalue weighted by atomic mass is 10.0. The molecule has 0 aromatic heterocycles. The van der Waals surface area contributed by atoms with E-state index in [1.807, 2.05) is 18.2 Å². The Morgan fingerprint density at radius 3 is 2.54 bits per heavy atom. The predicted octanol–water partition coefficient (Wildman–Crippen LogP) is 1.46. The number of hydrogen-bond acceptors (Lipinski definition) is 5. The third kappa shape index (κ3) is 5.78. The molecule has 146 valence electrons. The van der Waals surface area contributed by atoms with Gasteiger partial charge >= 0.3 is 0 Å². The highest BCUT2D eigenvalue weighted by Crippen LogP contribution is 2.27. The highest BCUT2D eigenvalue weighted by Gasteiger charge is 2.23. The summed E-state index contributed by atoms with van der Waals surface area (Å²) in [6.45, 7) is 9.26. The van der Waals surface area contributed by atoms with Gasteiger partial charge in [-0.25, -0.2) is 4.99 Å². The molecule has 1 unspecified atom stereocenters. The molecule has 2 rings (SSSR count). The predicted molar refractivity (Wildman–Crippen MR) is 104 cm³/mol. The van der Waals surface area contributed by atoms with Crippen LogP contribution in [-0.4, -0.2) is 64.0 Å². The summed E-state index contributed by atoms with van der Waals surface area (Å²) in [7, 11) is 3.25. The molecule has 0 aliphatic carbocycles. The Hall–Kier alpha value is -1.99. The Bertz CT molecular complexity index is 586. The van der Waals surface area contributed by atoms with E-state index in [2.05, 4.69) is 29.1 Å². The molecule has 7 nitrogen and oxygen atoms in total. The van der Waals surface area contributed by atoms with Crippen LogP contribution in [0.25, 0.3) is 0 Å².